The van der Waals surface area contributed by atoms with Crippen molar-refractivity contribution in [1.82, 2.24) is 39.0 Å². The Hall–Kier alpha value is -4.09. The molecule has 0 aromatic carbocycles. The summed E-state index contributed by atoms with van der Waals surface area (Å²) in [6.07, 6.45) is -7.45. The number of fused-ring (bicyclic) bond motifs is 5. The van der Waals surface area contributed by atoms with Gasteiger partial charge in [-0.3, -0.25) is 37.0 Å². The van der Waals surface area contributed by atoms with Crippen LogP contribution in [0.25, 0.3) is 32.8 Å². The molecule has 7 rings (SSSR count). The summed E-state index contributed by atoms with van der Waals surface area (Å²) >= 11 is 0. The number of hydrogen-bond donors (Lipinski definition) is 6. The summed E-state index contributed by atoms with van der Waals surface area (Å²) in [6, 6.07) is -1.50. The third-order valence-electron chi connectivity index (χ3n) is 7.51. The highest BCUT2D eigenvalue weighted by atomic mass is 31.2. The van der Waals surface area contributed by atoms with Crippen LogP contribution in [-0.2, 0) is 36.7 Å². The molecule has 27 heteroatoms. The number of imidazole rings is 2. The van der Waals surface area contributed by atoms with Gasteiger partial charge in [0.05, 0.1) is 38.0 Å². The molecule has 10 atom stereocenters. The molecule has 3 saturated heterocycles. The summed E-state index contributed by atoms with van der Waals surface area (Å²) < 4.78 is 61.8. The summed E-state index contributed by atoms with van der Waals surface area (Å²) in [6.45, 7) is -1.67. The molecule has 250 valence electrons. The number of aromatic nitrogens is 8. The second kappa shape index (κ2) is 11.6. The number of hydrogen-bond acceptors (Lipinski definition) is 18. The van der Waals surface area contributed by atoms with E-state index in [1.54, 1.807) is 0 Å². The fourth-order valence-electron chi connectivity index (χ4n) is 5.50. The predicted molar refractivity (Wildman–Crippen MR) is 150 cm³/mol. The number of anilines is 2. The number of aliphatic hydroxyl groups excluding tert-OH is 1. The number of nitrogens with zero attached hydrogens (tertiary/aromatic N) is 10. The van der Waals surface area contributed by atoms with E-state index in [2.05, 4.69) is 39.9 Å². The average Bonchev–Trinajstić information content (AvgIpc) is 3.76. The SMILES string of the molecule is [N-]=[N+]=N[C@H]1[C@H]2OP(=O)(O)OC[C@H]3O[C@@H](n4cnc5c(N)ncnc54)[C@H](O)[C@@H]3OP(=O)(O)OC[C@H]1O[C@H]2n1cnc2c(=O)[nH]c(N)nc21. The first kappa shape index (κ1) is 31.5. The van der Waals surface area contributed by atoms with Crippen molar-refractivity contribution in [3.63, 3.8) is 0 Å². The van der Waals surface area contributed by atoms with Crippen molar-refractivity contribution in [3.8, 4) is 0 Å². The van der Waals surface area contributed by atoms with Crippen molar-refractivity contribution in [1.29, 1.82) is 0 Å². The van der Waals surface area contributed by atoms with E-state index in [4.69, 9.17) is 39.0 Å². The van der Waals surface area contributed by atoms with E-state index in [0.717, 1.165) is 17.2 Å². The van der Waals surface area contributed by atoms with E-state index in [-0.39, 0.29) is 34.1 Å². The van der Waals surface area contributed by atoms with Crippen LogP contribution >= 0.6 is 15.6 Å². The van der Waals surface area contributed by atoms with Gasteiger partial charge < -0.3 is 35.8 Å². The number of nitrogens with two attached hydrogens (primary N) is 2. The van der Waals surface area contributed by atoms with Gasteiger partial charge in [-0.05, 0) is 5.53 Å². The maximum absolute atomic E-state index is 13.4. The lowest BCUT2D eigenvalue weighted by molar-refractivity contribution is -0.0670. The molecule has 8 N–H and O–H groups in total. The third-order valence-corrected chi connectivity index (χ3v) is 9.48. The fourth-order valence-corrected chi connectivity index (χ4v) is 7.39. The average molecular weight is 699 g/mol. The van der Waals surface area contributed by atoms with Crippen molar-refractivity contribution in [2.45, 2.75) is 49.0 Å². The van der Waals surface area contributed by atoms with Gasteiger partial charge >= 0.3 is 15.6 Å². The van der Waals surface area contributed by atoms with Gasteiger partial charge in [-0.15, -0.1) is 0 Å². The molecule has 0 radical (unpaired) electrons. The molecule has 7 heterocycles. The second-order valence-corrected chi connectivity index (χ2v) is 13.2. The standard InChI is InChI=1S/C20H23N13O12P2/c21-14-9-15(25-3-24-14)32(4-26-9)18-11(34)12-7(43-18)2-41-47(38,39)45-13-8(30-31-23)6(1-40-46(36,37)44-12)42-19(13)33-5-27-10-16(33)28-20(22)29-17(10)35/h3-8,11-13,18-19,34H,1-2H2,(H,36,37)(H,38,39)(H2,21,24,25)(H3,22,28,29,35)/t6-,7-,8-,11-,12-,13-,18-,19-/m1/s1. The topological polar surface area (TPSA) is 358 Å². The number of nitrogen functional groups attached to an aromatic ring is 2. The molecule has 2 bridgehead atoms. The molecule has 0 saturated carbocycles. The van der Waals surface area contributed by atoms with Gasteiger partial charge in [-0.25, -0.2) is 29.1 Å². The van der Waals surface area contributed by atoms with Crippen LogP contribution in [0.2, 0.25) is 0 Å². The summed E-state index contributed by atoms with van der Waals surface area (Å²) in [7, 11) is -10.3. The maximum Gasteiger partial charge on any atom is 0.472 e. The van der Waals surface area contributed by atoms with Crippen molar-refractivity contribution in [3.05, 3.63) is 39.8 Å². The van der Waals surface area contributed by atoms with Crippen molar-refractivity contribution in [2.24, 2.45) is 5.11 Å². The number of aliphatic hydroxyl groups is 1. The summed E-state index contributed by atoms with van der Waals surface area (Å²) in [5.41, 5.74) is 20.1. The number of aromatic amines is 1. The first-order valence-corrected chi connectivity index (χ1v) is 16.3. The minimum atomic E-state index is -5.16. The number of H-pyrrole nitrogens is 1. The predicted octanol–water partition coefficient (Wildman–Crippen LogP) is -1.02. The lowest BCUT2D eigenvalue weighted by Crippen LogP contribution is -2.36. The molecule has 2 unspecified atom stereocenters. The molecule has 3 aliphatic rings. The van der Waals surface area contributed by atoms with Crippen LogP contribution in [-0.4, -0.2) is 104 Å². The molecule has 3 aliphatic heterocycles. The normalized spacial score (nSPS) is 36.3. The zero-order valence-electron chi connectivity index (χ0n) is 23.3. The molecule has 3 fully saturated rings. The van der Waals surface area contributed by atoms with Crippen LogP contribution < -0.4 is 17.0 Å². The summed E-state index contributed by atoms with van der Waals surface area (Å²) in [4.78, 5) is 58.9. The van der Waals surface area contributed by atoms with Crippen molar-refractivity contribution in [2.75, 3.05) is 24.7 Å². The van der Waals surface area contributed by atoms with Gasteiger partial charge in [0.25, 0.3) is 5.56 Å². The van der Waals surface area contributed by atoms with Gasteiger partial charge in [0.2, 0.25) is 5.95 Å². The van der Waals surface area contributed by atoms with Gasteiger partial charge in [0.1, 0.15) is 36.3 Å². The first-order valence-electron chi connectivity index (χ1n) is 13.4. The zero-order chi connectivity index (χ0) is 33.2. The number of phosphoric ester groups is 2. The van der Waals surface area contributed by atoms with Crippen LogP contribution in [0.15, 0.2) is 28.9 Å². The smallest absolute Gasteiger partial charge is 0.386 e. The lowest BCUT2D eigenvalue weighted by Gasteiger charge is -2.26. The molecule has 0 aliphatic carbocycles. The molecule has 4 aromatic heterocycles. The van der Waals surface area contributed by atoms with E-state index in [9.17, 15) is 34.3 Å². The fraction of sp³-hybridized carbons (Fsp3) is 0.500. The van der Waals surface area contributed by atoms with Crippen molar-refractivity contribution >= 4 is 49.7 Å². The highest BCUT2D eigenvalue weighted by Crippen LogP contribution is 2.54. The number of ether oxygens (including phenoxy) is 2. The first-order chi connectivity index (χ1) is 22.4. The van der Waals surface area contributed by atoms with E-state index < -0.39 is 83.4 Å². The van der Waals surface area contributed by atoms with Gasteiger partial charge in [-0.1, -0.05) is 5.11 Å². The van der Waals surface area contributed by atoms with Crippen molar-refractivity contribution < 1.29 is 51.6 Å². The molecule has 4 aromatic rings. The number of azide groups is 1. The largest absolute Gasteiger partial charge is 0.472 e. The highest BCUT2D eigenvalue weighted by molar-refractivity contribution is 7.47. The van der Waals surface area contributed by atoms with Crippen LogP contribution in [0.3, 0.4) is 0 Å². The number of rotatable bonds is 3. The molecular formula is C20H23N13O12P2. The van der Waals surface area contributed by atoms with Gasteiger partial charge in [0.15, 0.2) is 35.1 Å². The monoisotopic (exact) mass is 699 g/mol. The number of nitrogens with one attached hydrogen (secondary N) is 1. The molecule has 47 heavy (non-hydrogen) atoms. The minimum absolute atomic E-state index is 0.0268. The van der Waals surface area contributed by atoms with Crippen LogP contribution in [0.4, 0.5) is 11.8 Å². The van der Waals surface area contributed by atoms with Crippen LogP contribution in [0, 0.1) is 0 Å². The van der Waals surface area contributed by atoms with E-state index in [0.29, 0.717) is 0 Å². The highest BCUT2D eigenvalue weighted by Gasteiger charge is 2.54. The Morgan fingerprint density at radius 1 is 0.936 bits per heavy atom. The van der Waals surface area contributed by atoms with E-state index in [1.807, 2.05) is 0 Å². The third kappa shape index (κ3) is 5.63. The lowest BCUT2D eigenvalue weighted by atomic mass is 10.1. The van der Waals surface area contributed by atoms with Crippen LogP contribution in [0.5, 0.6) is 0 Å². The maximum atomic E-state index is 13.4. The quantitative estimate of drug-likeness (QED) is 0.0644. The summed E-state index contributed by atoms with van der Waals surface area (Å²) in [5, 5.41) is 14.8. The minimum Gasteiger partial charge on any atom is -0.386 e. The Morgan fingerprint density at radius 2 is 1.57 bits per heavy atom. The van der Waals surface area contributed by atoms with Gasteiger partial charge in [-0.2, -0.15) is 4.98 Å². The second-order valence-electron chi connectivity index (χ2n) is 10.3. The Kier molecular flexibility index (Phi) is 7.75. The van der Waals surface area contributed by atoms with E-state index in [1.165, 1.54) is 10.9 Å². The molecule has 25 nitrogen and oxygen atoms in total. The molecular weight excluding hydrogens is 676 g/mol. The number of phosphoric acid groups is 2. The summed E-state index contributed by atoms with van der Waals surface area (Å²) in [5.74, 6) is -0.270. The Bertz CT molecular complexity index is 2070. The Labute approximate surface area is 259 Å². The van der Waals surface area contributed by atoms with E-state index >= 15 is 0 Å². The Balaban J connectivity index is 1.24. The Morgan fingerprint density at radius 3 is 2.30 bits per heavy atom. The van der Waals surface area contributed by atoms with Crippen LogP contribution in [0.1, 0.15) is 12.5 Å². The zero-order valence-corrected chi connectivity index (χ0v) is 25.1. The van der Waals surface area contributed by atoms with Gasteiger partial charge in [0, 0.05) is 4.91 Å². The molecule has 0 amide bonds. The molecule has 0 spiro atoms.